The predicted molar refractivity (Wildman–Crippen MR) is 106 cm³/mol. The Kier molecular flexibility index (Phi) is 21.8. The van der Waals surface area contributed by atoms with Crippen LogP contribution in [0.2, 0.25) is 0 Å². The fraction of sp³-hybridized carbons (Fsp3) is 1.00. The predicted octanol–water partition coefficient (Wildman–Crippen LogP) is 6.17. The van der Waals surface area contributed by atoms with Crippen molar-refractivity contribution in [1.82, 2.24) is 0 Å². The van der Waals surface area contributed by atoms with E-state index < -0.39 is 0 Å². The third-order valence-electron chi connectivity index (χ3n) is 4.18. The smallest absolute Gasteiger partial charge is 0.0780 e. The molecule has 0 aliphatic rings. The van der Waals surface area contributed by atoms with Crippen LogP contribution >= 0.6 is 0 Å². The van der Waals surface area contributed by atoms with Crippen molar-refractivity contribution in [2.45, 2.75) is 104 Å². The molecule has 2 heteroatoms. The van der Waals surface area contributed by atoms with Gasteiger partial charge in [-0.2, -0.15) is 0 Å². The van der Waals surface area contributed by atoms with E-state index in [2.05, 4.69) is 28.1 Å². The molecule has 0 aliphatic carbocycles. The van der Waals surface area contributed by atoms with Crippen molar-refractivity contribution in [2.24, 2.45) is 0 Å². The minimum absolute atomic E-state index is 0.250. The Labute approximate surface area is 148 Å². The lowest BCUT2D eigenvalue weighted by atomic mass is 10.0. The van der Waals surface area contributed by atoms with E-state index in [-0.39, 0.29) is 6.61 Å². The number of hydrogen-bond donors (Lipinski definition) is 1. The van der Waals surface area contributed by atoms with Crippen LogP contribution in [0.25, 0.3) is 0 Å². The standard InChI is InChI=1S/C19H42N.C2H6O/c1-5-6-7-8-9-10-11-12-13-14-15-16-17-18-19-20(2,3)4;1-2-3/h5-19H2,1-4H3;3H,2H2,1H3/q+1;. The van der Waals surface area contributed by atoms with Gasteiger partial charge < -0.3 is 9.59 Å². The van der Waals surface area contributed by atoms with Crippen LogP contribution in [0.15, 0.2) is 0 Å². The first-order chi connectivity index (χ1) is 11.0. The van der Waals surface area contributed by atoms with E-state index in [4.69, 9.17) is 5.11 Å². The second-order valence-electron chi connectivity index (χ2n) is 7.93. The summed E-state index contributed by atoms with van der Waals surface area (Å²) in [5.74, 6) is 0. The molecule has 0 aromatic rings. The largest absolute Gasteiger partial charge is 0.397 e. The maximum atomic E-state index is 7.57. The Bertz CT molecular complexity index is 199. The van der Waals surface area contributed by atoms with Crippen molar-refractivity contribution >= 4 is 0 Å². The van der Waals surface area contributed by atoms with E-state index >= 15 is 0 Å². The van der Waals surface area contributed by atoms with E-state index in [1.165, 1.54) is 96.4 Å². The minimum Gasteiger partial charge on any atom is -0.397 e. The summed E-state index contributed by atoms with van der Waals surface area (Å²) < 4.78 is 1.12. The van der Waals surface area contributed by atoms with Crippen molar-refractivity contribution in [2.75, 3.05) is 34.3 Å². The number of nitrogens with zero attached hydrogens (tertiary/aromatic N) is 1. The lowest BCUT2D eigenvalue weighted by molar-refractivity contribution is -0.870. The highest BCUT2D eigenvalue weighted by atomic mass is 16.2. The van der Waals surface area contributed by atoms with Crippen LogP contribution < -0.4 is 0 Å². The third kappa shape index (κ3) is 30.4. The van der Waals surface area contributed by atoms with Gasteiger partial charge in [-0.15, -0.1) is 0 Å². The van der Waals surface area contributed by atoms with Crippen LogP contribution in [0.4, 0.5) is 0 Å². The second kappa shape index (κ2) is 20.0. The monoisotopic (exact) mass is 330 g/mol. The summed E-state index contributed by atoms with van der Waals surface area (Å²) in [6.45, 7) is 5.56. The number of aliphatic hydroxyl groups is 1. The van der Waals surface area contributed by atoms with Crippen molar-refractivity contribution in [3.05, 3.63) is 0 Å². The molecule has 0 saturated carbocycles. The van der Waals surface area contributed by atoms with Crippen molar-refractivity contribution < 1.29 is 9.59 Å². The average Bonchev–Trinajstić information content (AvgIpc) is 2.47. The highest BCUT2D eigenvalue weighted by molar-refractivity contribution is 4.49. The van der Waals surface area contributed by atoms with Crippen molar-refractivity contribution in [3.63, 3.8) is 0 Å². The molecule has 0 spiro atoms. The van der Waals surface area contributed by atoms with E-state index in [0.717, 1.165) is 4.48 Å². The van der Waals surface area contributed by atoms with Gasteiger partial charge in [-0.1, -0.05) is 84.0 Å². The van der Waals surface area contributed by atoms with Gasteiger partial charge in [-0.3, -0.25) is 0 Å². The fourth-order valence-electron chi connectivity index (χ4n) is 2.78. The van der Waals surface area contributed by atoms with E-state index in [9.17, 15) is 0 Å². The molecule has 0 saturated heterocycles. The Morgan fingerprint density at radius 1 is 0.522 bits per heavy atom. The Hall–Kier alpha value is -0.0800. The normalized spacial score (nSPS) is 11.2. The average molecular weight is 331 g/mol. The molecule has 0 aromatic carbocycles. The van der Waals surface area contributed by atoms with Gasteiger partial charge in [-0.05, 0) is 19.8 Å². The van der Waals surface area contributed by atoms with Crippen molar-refractivity contribution in [3.8, 4) is 0 Å². The lowest BCUT2D eigenvalue weighted by Gasteiger charge is -2.23. The molecule has 0 aromatic heterocycles. The van der Waals surface area contributed by atoms with Crippen LogP contribution in [0.5, 0.6) is 0 Å². The number of aliphatic hydroxyl groups excluding tert-OH is 1. The molecule has 0 rings (SSSR count). The SMILES string of the molecule is CCCCCCCCCCCCCCCC[N+](C)(C)C.CCO. The molecule has 0 unspecified atom stereocenters. The zero-order valence-electron chi connectivity index (χ0n) is 17.2. The van der Waals surface area contributed by atoms with Gasteiger partial charge in [0, 0.05) is 6.61 Å². The molecule has 0 bridgehead atoms. The molecule has 0 fully saturated rings. The summed E-state index contributed by atoms with van der Waals surface area (Å²) in [5.41, 5.74) is 0. The maximum Gasteiger partial charge on any atom is 0.0780 e. The van der Waals surface area contributed by atoms with Crippen LogP contribution in [0, 0.1) is 0 Å². The topological polar surface area (TPSA) is 20.2 Å². The Balaban J connectivity index is 0. The Morgan fingerprint density at radius 2 is 0.783 bits per heavy atom. The fourth-order valence-corrected chi connectivity index (χ4v) is 2.78. The molecule has 23 heavy (non-hydrogen) atoms. The Morgan fingerprint density at radius 3 is 1.04 bits per heavy atom. The van der Waals surface area contributed by atoms with Gasteiger partial charge in [0.1, 0.15) is 0 Å². The summed E-state index contributed by atoms with van der Waals surface area (Å²) >= 11 is 0. The van der Waals surface area contributed by atoms with Crippen LogP contribution in [0.3, 0.4) is 0 Å². The first kappa shape index (κ1) is 25.2. The first-order valence-electron chi connectivity index (χ1n) is 10.4. The summed E-state index contributed by atoms with van der Waals surface area (Å²) in [6, 6.07) is 0. The highest BCUT2D eigenvalue weighted by Gasteiger charge is 2.04. The summed E-state index contributed by atoms with van der Waals surface area (Å²) in [5, 5.41) is 7.57. The third-order valence-corrected chi connectivity index (χ3v) is 4.18. The molecule has 0 heterocycles. The number of rotatable bonds is 15. The molecule has 0 amide bonds. The zero-order valence-corrected chi connectivity index (χ0v) is 17.2. The molecule has 1 N–H and O–H groups in total. The molecule has 142 valence electrons. The summed E-state index contributed by atoms with van der Waals surface area (Å²) in [6.07, 6.45) is 20.4. The minimum atomic E-state index is 0.250. The number of hydrogen-bond acceptors (Lipinski definition) is 1. The zero-order chi connectivity index (χ0) is 17.8. The van der Waals surface area contributed by atoms with Gasteiger partial charge in [0.25, 0.3) is 0 Å². The van der Waals surface area contributed by atoms with Gasteiger partial charge in [0.15, 0.2) is 0 Å². The van der Waals surface area contributed by atoms with E-state index in [1.54, 1.807) is 6.92 Å². The van der Waals surface area contributed by atoms with Crippen LogP contribution in [-0.4, -0.2) is 43.9 Å². The first-order valence-corrected chi connectivity index (χ1v) is 10.4. The maximum absolute atomic E-state index is 7.57. The van der Waals surface area contributed by atoms with Gasteiger partial charge >= 0.3 is 0 Å². The molecule has 2 nitrogen and oxygen atoms in total. The van der Waals surface area contributed by atoms with Gasteiger partial charge in [0.2, 0.25) is 0 Å². The van der Waals surface area contributed by atoms with E-state index in [0.29, 0.717) is 0 Å². The van der Waals surface area contributed by atoms with Crippen LogP contribution in [0.1, 0.15) is 104 Å². The molecule has 0 aliphatic heterocycles. The highest BCUT2D eigenvalue weighted by Crippen LogP contribution is 2.13. The van der Waals surface area contributed by atoms with Gasteiger partial charge in [0.05, 0.1) is 27.7 Å². The number of quaternary nitrogens is 1. The van der Waals surface area contributed by atoms with Crippen molar-refractivity contribution in [1.29, 1.82) is 0 Å². The number of unbranched alkanes of at least 4 members (excludes halogenated alkanes) is 13. The second-order valence-corrected chi connectivity index (χ2v) is 7.93. The molecular weight excluding hydrogens is 282 g/mol. The van der Waals surface area contributed by atoms with Crippen LogP contribution in [-0.2, 0) is 0 Å². The quantitative estimate of drug-likeness (QED) is 0.281. The molecule has 0 atom stereocenters. The van der Waals surface area contributed by atoms with E-state index in [1.807, 2.05) is 0 Å². The lowest BCUT2D eigenvalue weighted by Crippen LogP contribution is -2.35. The van der Waals surface area contributed by atoms with Gasteiger partial charge in [-0.25, -0.2) is 0 Å². The molecule has 0 radical (unpaired) electrons. The molecular formula is C21H48NO+. The summed E-state index contributed by atoms with van der Waals surface area (Å²) in [7, 11) is 6.88. The summed E-state index contributed by atoms with van der Waals surface area (Å²) in [4.78, 5) is 0.